The zero-order valence-electron chi connectivity index (χ0n) is 7.61. The van der Waals surface area contributed by atoms with Gasteiger partial charge in [0.2, 0.25) is 0 Å². The van der Waals surface area contributed by atoms with Gasteiger partial charge in [-0.25, -0.2) is 0 Å². The first-order valence-electron chi connectivity index (χ1n) is 4.22. The van der Waals surface area contributed by atoms with Crippen LogP contribution in [0.2, 0.25) is 0 Å². The molecule has 76 valence electrons. The summed E-state index contributed by atoms with van der Waals surface area (Å²) in [6.45, 7) is 0. The topological polar surface area (TPSA) is 55.1 Å². The summed E-state index contributed by atoms with van der Waals surface area (Å²) < 4.78 is 5.54. The average molecular weight is 267 g/mol. The molecule has 0 aliphatic heterocycles. The lowest BCUT2D eigenvalue weighted by molar-refractivity contribution is 0.102. The maximum Gasteiger partial charge on any atom is 0.260 e. The van der Waals surface area contributed by atoms with E-state index in [9.17, 15) is 4.79 Å². The van der Waals surface area contributed by atoms with Crippen molar-refractivity contribution in [3.63, 3.8) is 0 Å². The SMILES string of the molecule is O=C(Nc1ccc(Br)cc1)c1cnoc1. The maximum atomic E-state index is 11.5. The molecule has 2 rings (SSSR count). The number of hydrogen-bond donors (Lipinski definition) is 1. The van der Waals surface area contributed by atoms with Crippen molar-refractivity contribution in [2.24, 2.45) is 0 Å². The van der Waals surface area contributed by atoms with E-state index in [4.69, 9.17) is 0 Å². The van der Waals surface area contributed by atoms with E-state index < -0.39 is 0 Å². The molecule has 4 nitrogen and oxygen atoms in total. The van der Waals surface area contributed by atoms with Gasteiger partial charge in [0.25, 0.3) is 5.91 Å². The van der Waals surface area contributed by atoms with E-state index in [2.05, 4.69) is 30.9 Å². The van der Waals surface area contributed by atoms with Gasteiger partial charge in [-0.3, -0.25) is 4.79 Å². The Hall–Kier alpha value is -1.62. The summed E-state index contributed by atoms with van der Waals surface area (Å²) in [7, 11) is 0. The van der Waals surface area contributed by atoms with Gasteiger partial charge in [0.05, 0.1) is 11.8 Å². The van der Waals surface area contributed by atoms with Crippen LogP contribution < -0.4 is 5.32 Å². The third-order valence-corrected chi connectivity index (χ3v) is 2.33. The first-order valence-corrected chi connectivity index (χ1v) is 5.01. The molecule has 0 saturated heterocycles. The fourth-order valence-corrected chi connectivity index (χ4v) is 1.32. The van der Waals surface area contributed by atoms with E-state index in [1.165, 1.54) is 12.5 Å². The summed E-state index contributed by atoms with van der Waals surface area (Å²) in [5.41, 5.74) is 1.13. The molecule has 1 amide bonds. The van der Waals surface area contributed by atoms with Crippen LogP contribution >= 0.6 is 15.9 Å². The second kappa shape index (κ2) is 4.27. The molecule has 1 heterocycles. The largest absolute Gasteiger partial charge is 0.364 e. The normalized spacial score (nSPS) is 9.93. The molecule has 15 heavy (non-hydrogen) atoms. The number of nitrogens with one attached hydrogen (secondary N) is 1. The summed E-state index contributed by atoms with van der Waals surface area (Å²) in [6.07, 6.45) is 2.67. The zero-order chi connectivity index (χ0) is 10.7. The second-order valence-corrected chi connectivity index (χ2v) is 3.79. The number of halogens is 1. The van der Waals surface area contributed by atoms with E-state index in [0.717, 1.165) is 10.2 Å². The maximum absolute atomic E-state index is 11.5. The number of benzene rings is 1. The van der Waals surface area contributed by atoms with Gasteiger partial charge in [0, 0.05) is 10.2 Å². The minimum atomic E-state index is -0.237. The highest BCUT2D eigenvalue weighted by atomic mass is 79.9. The van der Waals surface area contributed by atoms with Crippen molar-refractivity contribution in [1.82, 2.24) is 5.16 Å². The highest BCUT2D eigenvalue weighted by Crippen LogP contribution is 2.14. The molecular weight excluding hydrogens is 260 g/mol. The molecule has 0 aliphatic carbocycles. The van der Waals surface area contributed by atoms with Crippen molar-refractivity contribution >= 4 is 27.5 Å². The predicted octanol–water partition coefficient (Wildman–Crippen LogP) is 2.69. The fraction of sp³-hybridized carbons (Fsp3) is 0. The zero-order valence-corrected chi connectivity index (χ0v) is 9.19. The number of nitrogens with zero attached hydrogens (tertiary/aromatic N) is 1. The van der Waals surface area contributed by atoms with Crippen molar-refractivity contribution in [2.75, 3.05) is 5.32 Å². The first kappa shape index (κ1) is 9.92. The Labute approximate surface area is 94.4 Å². The van der Waals surface area contributed by atoms with Crippen LogP contribution in [0.5, 0.6) is 0 Å². The molecule has 0 radical (unpaired) electrons. The lowest BCUT2D eigenvalue weighted by atomic mass is 10.3. The molecule has 1 aromatic heterocycles. The Morgan fingerprint density at radius 1 is 1.33 bits per heavy atom. The number of carbonyl (C=O) groups is 1. The van der Waals surface area contributed by atoms with E-state index in [-0.39, 0.29) is 5.91 Å². The third-order valence-electron chi connectivity index (χ3n) is 1.80. The van der Waals surface area contributed by atoms with Gasteiger partial charge in [-0.05, 0) is 24.3 Å². The first-order chi connectivity index (χ1) is 7.25. The van der Waals surface area contributed by atoms with Crippen LogP contribution in [-0.2, 0) is 0 Å². The number of anilines is 1. The lowest BCUT2D eigenvalue weighted by Gasteiger charge is -2.02. The summed E-state index contributed by atoms with van der Waals surface area (Å²) >= 11 is 3.31. The summed E-state index contributed by atoms with van der Waals surface area (Å²) in [5.74, 6) is -0.237. The highest BCUT2D eigenvalue weighted by Gasteiger charge is 2.07. The van der Waals surface area contributed by atoms with Gasteiger partial charge in [0.1, 0.15) is 6.26 Å². The Bertz CT molecular complexity index is 451. The van der Waals surface area contributed by atoms with Crippen molar-refractivity contribution in [3.8, 4) is 0 Å². The van der Waals surface area contributed by atoms with Crippen LogP contribution in [0, 0.1) is 0 Å². The van der Waals surface area contributed by atoms with Gasteiger partial charge < -0.3 is 9.84 Å². The van der Waals surface area contributed by atoms with E-state index in [1.54, 1.807) is 12.1 Å². The number of amides is 1. The van der Waals surface area contributed by atoms with Crippen LogP contribution in [0.15, 0.2) is 45.7 Å². The second-order valence-electron chi connectivity index (χ2n) is 2.87. The molecule has 0 bridgehead atoms. The molecule has 0 spiro atoms. The molecule has 0 atom stereocenters. The molecule has 2 aromatic rings. The molecular formula is C10H7BrN2O2. The predicted molar refractivity (Wildman–Crippen MR) is 58.6 cm³/mol. The molecule has 0 saturated carbocycles. The highest BCUT2D eigenvalue weighted by molar-refractivity contribution is 9.10. The van der Waals surface area contributed by atoms with Gasteiger partial charge in [0.15, 0.2) is 0 Å². The lowest BCUT2D eigenvalue weighted by Crippen LogP contribution is -2.10. The Kier molecular flexibility index (Phi) is 2.82. The van der Waals surface area contributed by atoms with Gasteiger partial charge in [-0.2, -0.15) is 0 Å². The van der Waals surface area contributed by atoms with Gasteiger partial charge >= 0.3 is 0 Å². The van der Waals surface area contributed by atoms with Crippen molar-refractivity contribution < 1.29 is 9.32 Å². The quantitative estimate of drug-likeness (QED) is 0.910. The summed E-state index contributed by atoms with van der Waals surface area (Å²) in [5, 5.41) is 6.17. The average Bonchev–Trinajstić information content (AvgIpc) is 2.74. The third kappa shape index (κ3) is 2.44. The van der Waals surface area contributed by atoms with Crippen LogP contribution in [0.25, 0.3) is 0 Å². The number of hydrogen-bond acceptors (Lipinski definition) is 3. The minimum absolute atomic E-state index is 0.237. The Morgan fingerprint density at radius 2 is 2.07 bits per heavy atom. The summed E-state index contributed by atoms with van der Waals surface area (Å²) in [6, 6.07) is 7.30. The van der Waals surface area contributed by atoms with Crippen LogP contribution in [-0.4, -0.2) is 11.1 Å². The van der Waals surface area contributed by atoms with Crippen LogP contribution in [0.1, 0.15) is 10.4 Å². The number of rotatable bonds is 2. The molecule has 5 heteroatoms. The minimum Gasteiger partial charge on any atom is -0.364 e. The Morgan fingerprint density at radius 3 is 2.67 bits per heavy atom. The Balaban J connectivity index is 2.09. The molecule has 0 aliphatic rings. The van der Waals surface area contributed by atoms with Gasteiger partial charge in [-0.15, -0.1) is 0 Å². The van der Waals surface area contributed by atoms with Crippen molar-refractivity contribution in [2.45, 2.75) is 0 Å². The smallest absolute Gasteiger partial charge is 0.260 e. The van der Waals surface area contributed by atoms with E-state index in [0.29, 0.717) is 5.56 Å². The molecule has 0 fully saturated rings. The number of carbonyl (C=O) groups excluding carboxylic acids is 1. The molecule has 0 unspecified atom stereocenters. The molecule has 1 aromatic carbocycles. The molecule has 1 N–H and O–H groups in total. The fourth-order valence-electron chi connectivity index (χ4n) is 1.05. The van der Waals surface area contributed by atoms with Crippen molar-refractivity contribution in [3.05, 3.63) is 46.8 Å². The van der Waals surface area contributed by atoms with Crippen molar-refractivity contribution in [1.29, 1.82) is 0 Å². The number of aromatic nitrogens is 1. The summed E-state index contributed by atoms with van der Waals surface area (Å²) in [4.78, 5) is 11.5. The van der Waals surface area contributed by atoms with Crippen LogP contribution in [0.3, 0.4) is 0 Å². The van der Waals surface area contributed by atoms with Gasteiger partial charge in [-0.1, -0.05) is 21.1 Å². The van der Waals surface area contributed by atoms with E-state index in [1.807, 2.05) is 12.1 Å². The van der Waals surface area contributed by atoms with E-state index >= 15 is 0 Å². The monoisotopic (exact) mass is 266 g/mol. The standard InChI is InChI=1S/C10H7BrN2O2/c11-8-1-3-9(4-2-8)13-10(14)7-5-12-15-6-7/h1-6H,(H,13,14). The van der Waals surface area contributed by atoms with Crippen LogP contribution in [0.4, 0.5) is 5.69 Å².